The van der Waals surface area contributed by atoms with Crippen LogP contribution < -0.4 is 10.2 Å². The smallest absolute Gasteiger partial charge is 0.405 e. The van der Waals surface area contributed by atoms with E-state index in [0.29, 0.717) is 26.2 Å². The first kappa shape index (κ1) is 16.8. The zero-order valence-corrected chi connectivity index (χ0v) is 14.0. The van der Waals surface area contributed by atoms with Crippen LogP contribution in [0.15, 0.2) is 18.2 Å². The highest BCUT2D eigenvalue weighted by Gasteiger charge is 2.31. The number of carbonyl (C=O) groups is 2. The van der Waals surface area contributed by atoms with Crippen molar-refractivity contribution in [2.75, 3.05) is 24.7 Å². The molecule has 1 aromatic rings. The Balaban J connectivity index is 1.77. The van der Waals surface area contributed by atoms with E-state index in [1.54, 1.807) is 0 Å². The molecule has 1 unspecified atom stereocenters. The number of anilines is 1. The second kappa shape index (κ2) is 7.21. The Hall–Kier alpha value is -2.08. The molecule has 1 saturated heterocycles. The first-order chi connectivity index (χ1) is 11.6. The SMILES string of the molecule is CCC(NC(=O)O)c1ccc2c(c1)CCN2C(=O)C1CCOCC1. The van der Waals surface area contributed by atoms with Crippen LogP contribution in [-0.2, 0) is 16.0 Å². The van der Waals surface area contributed by atoms with Gasteiger partial charge in [-0.2, -0.15) is 0 Å². The molecule has 0 aromatic heterocycles. The molecular formula is C18H24N2O4. The molecule has 1 fully saturated rings. The molecule has 1 aromatic carbocycles. The monoisotopic (exact) mass is 332 g/mol. The number of ether oxygens (including phenoxy) is 1. The van der Waals surface area contributed by atoms with Crippen LogP contribution in [0.4, 0.5) is 10.5 Å². The van der Waals surface area contributed by atoms with E-state index in [4.69, 9.17) is 9.84 Å². The number of hydrogen-bond donors (Lipinski definition) is 2. The molecule has 6 nitrogen and oxygen atoms in total. The second-order valence-electron chi connectivity index (χ2n) is 6.42. The molecule has 0 spiro atoms. The molecule has 2 amide bonds. The molecule has 3 rings (SSSR count). The van der Waals surface area contributed by atoms with Gasteiger partial charge in [-0.1, -0.05) is 19.1 Å². The maximum Gasteiger partial charge on any atom is 0.405 e. The van der Waals surface area contributed by atoms with Crippen LogP contribution in [-0.4, -0.2) is 36.9 Å². The Morgan fingerprint density at radius 3 is 2.79 bits per heavy atom. The van der Waals surface area contributed by atoms with E-state index in [1.807, 2.05) is 30.0 Å². The summed E-state index contributed by atoms with van der Waals surface area (Å²) in [6, 6.07) is 5.71. The predicted molar refractivity (Wildman–Crippen MR) is 90.2 cm³/mol. The molecular weight excluding hydrogens is 308 g/mol. The average Bonchev–Trinajstić information content (AvgIpc) is 3.02. The van der Waals surface area contributed by atoms with Crippen LogP contribution in [0.2, 0.25) is 0 Å². The summed E-state index contributed by atoms with van der Waals surface area (Å²) in [4.78, 5) is 25.6. The maximum atomic E-state index is 12.8. The predicted octanol–water partition coefficient (Wildman–Crippen LogP) is 2.72. The standard InChI is InChI=1S/C18H24N2O4/c1-2-15(19-18(22)23)13-3-4-16-14(11-13)5-8-20(16)17(21)12-6-9-24-10-7-12/h3-4,11-12,15,19H,2,5-10H2,1H3,(H,22,23). The molecule has 130 valence electrons. The molecule has 2 aliphatic rings. The van der Waals surface area contributed by atoms with Gasteiger partial charge in [0.2, 0.25) is 5.91 Å². The molecule has 6 heteroatoms. The third kappa shape index (κ3) is 3.38. The van der Waals surface area contributed by atoms with E-state index in [-0.39, 0.29) is 17.9 Å². The summed E-state index contributed by atoms with van der Waals surface area (Å²) >= 11 is 0. The summed E-state index contributed by atoms with van der Waals surface area (Å²) in [6.45, 7) is 3.98. The fraction of sp³-hybridized carbons (Fsp3) is 0.556. The van der Waals surface area contributed by atoms with E-state index in [1.165, 1.54) is 0 Å². The molecule has 0 radical (unpaired) electrons. The van der Waals surface area contributed by atoms with E-state index in [0.717, 1.165) is 36.1 Å². The van der Waals surface area contributed by atoms with Gasteiger partial charge in [0.1, 0.15) is 0 Å². The number of carboxylic acid groups (broad SMARTS) is 1. The van der Waals surface area contributed by atoms with Crippen LogP contribution in [0.5, 0.6) is 0 Å². The van der Waals surface area contributed by atoms with Gasteiger partial charge in [0.25, 0.3) is 0 Å². The minimum absolute atomic E-state index is 0.0569. The van der Waals surface area contributed by atoms with Crippen molar-refractivity contribution in [2.24, 2.45) is 5.92 Å². The van der Waals surface area contributed by atoms with Crippen molar-refractivity contribution in [3.05, 3.63) is 29.3 Å². The molecule has 2 N–H and O–H groups in total. The molecule has 24 heavy (non-hydrogen) atoms. The summed E-state index contributed by atoms with van der Waals surface area (Å²) in [5.41, 5.74) is 3.05. The van der Waals surface area contributed by atoms with Gasteiger partial charge in [-0.25, -0.2) is 4.79 Å². The number of carbonyl (C=O) groups excluding carboxylic acids is 1. The summed E-state index contributed by atoms with van der Waals surface area (Å²) in [7, 11) is 0. The summed E-state index contributed by atoms with van der Waals surface area (Å²) < 4.78 is 5.34. The molecule has 0 aliphatic carbocycles. The van der Waals surface area contributed by atoms with Crippen molar-refractivity contribution in [3.63, 3.8) is 0 Å². The Labute approximate surface area is 141 Å². The van der Waals surface area contributed by atoms with Crippen LogP contribution >= 0.6 is 0 Å². The van der Waals surface area contributed by atoms with Crippen molar-refractivity contribution >= 4 is 17.7 Å². The molecule has 1 atom stereocenters. The summed E-state index contributed by atoms with van der Waals surface area (Å²) in [6.07, 6.45) is 2.09. The zero-order chi connectivity index (χ0) is 17.1. The number of rotatable bonds is 4. The first-order valence-electron chi connectivity index (χ1n) is 8.61. The summed E-state index contributed by atoms with van der Waals surface area (Å²) in [5, 5.41) is 11.5. The largest absolute Gasteiger partial charge is 0.465 e. The number of nitrogens with one attached hydrogen (secondary N) is 1. The molecule has 0 bridgehead atoms. The average molecular weight is 332 g/mol. The van der Waals surface area contributed by atoms with E-state index < -0.39 is 6.09 Å². The van der Waals surface area contributed by atoms with Gasteiger partial charge in [-0.15, -0.1) is 0 Å². The lowest BCUT2D eigenvalue weighted by Crippen LogP contribution is -2.37. The fourth-order valence-electron chi connectivity index (χ4n) is 3.60. The van der Waals surface area contributed by atoms with Crippen molar-refractivity contribution < 1.29 is 19.4 Å². The van der Waals surface area contributed by atoms with Gasteiger partial charge in [-0.05, 0) is 42.9 Å². The number of amides is 2. The first-order valence-corrected chi connectivity index (χ1v) is 8.61. The number of benzene rings is 1. The Morgan fingerprint density at radius 1 is 1.38 bits per heavy atom. The molecule has 2 heterocycles. The lowest BCUT2D eigenvalue weighted by atomic mass is 9.98. The van der Waals surface area contributed by atoms with E-state index in [2.05, 4.69) is 5.32 Å². The Morgan fingerprint density at radius 2 is 2.12 bits per heavy atom. The lowest BCUT2D eigenvalue weighted by Gasteiger charge is -2.27. The number of hydrogen-bond acceptors (Lipinski definition) is 3. The zero-order valence-electron chi connectivity index (χ0n) is 14.0. The minimum atomic E-state index is -1.02. The van der Waals surface area contributed by atoms with Crippen LogP contribution in [0, 0.1) is 5.92 Å². The minimum Gasteiger partial charge on any atom is -0.465 e. The Bertz CT molecular complexity index is 625. The highest BCUT2D eigenvalue weighted by Crippen LogP contribution is 2.33. The third-order valence-corrected chi connectivity index (χ3v) is 4.94. The second-order valence-corrected chi connectivity index (χ2v) is 6.42. The lowest BCUT2D eigenvalue weighted by molar-refractivity contribution is -0.125. The highest BCUT2D eigenvalue weighted by molar-refractivity contribution is 5.97. The highest BCUT2D eigenvalue weighted by atomic mass is 16.5. The van der Waals surface area contributed by atoms with Gasteiger partial charge in [-0.3, -0.25) is 4.79 Å². The molecule has 2 aliphatic heterocycles. The van der Waals surface area contributed by atoms with Crippen molar-refractivity contribution in [2.45, 2.75) is 38.6 Å². The van der Waals surface area contributed by atoms with Gasteiger partial charge < -0.3 is 20.1 Å². The van der Waals surface area contributed by atoms with Gasteiger partial charge >= 0.3 is 6.09 Å². The van der Waals surface area contributed by atoms with E-state index in [9.17, 15) is 9.59 Å². The van der Waals surface area contributed by atoms with Crippen LogP contribution in [0.25, 0.3) is 0 Å². The van der Waals surface area contributed by atoms with Crippen LogP contribution in [0.1, 0.15) is 43.4 Å². The Kier molecular flexibility index (Phi) is 5.04. The quantitative estimate of drug-likeness (QED) is 0.888. The van der Waals surface area contributed by atoms with Crippen molar-refractivity contribution in [1.82, 2.24) is 5.32 Å². The van der Waals surface area contributed by atoms with Gasteiger partial charge in [0.15, 0.2) is 0 Å². The van der Waals surface area contributed by atoms with Gasteiger partial charge in [0.05, 0.1) is 6.04 Å². The number of fused-ring (bicyclic) bond motifs is 1. The van der Waals surface area contributed by atoms with Gasteiger partial charge in [0, 0.05) is 31.4 Å². The van der Waals surface area contributed by atoms with Crippen LogP contribution in [0.3, 0.4) is 0 Å². The summed E-state index contributed by atoms with van der Waals surface area (Å²) in [5.74, 6) is 0.252. The fourth-order valence-corrected chi connectivity index (χ4v) is 3.60. The normalized spacial score (nSPS) is 19.0. The number of nitrogens with zero attached hydrogens (tertiary/aromatic N) is 1. The van der Waals surface area contributed by atoms with Crippen molar-refractivity contribution in [1.29, 1.82) is 0 Å². The third-order valence-electron chi connectivity index (χ3n) is 4.94. The molecule has 0 saturated carbocycles. The van der Waals surface area contributed by atoms with E-state index >= 15 is 0 Å². The topological polar surface area (TPSA) is 78.9 Å². The maximum absolute atomic E-state index is 12.8. The van der Waals surface area contributed by atoms with Crippen molar-refractivity contribution in [3.8, 4) is 0 Å².